The molecule has 0 bridgehead atoms. The lowest BCUT2D eigenvalue weighted by atomic mass is 10.1. The molecule has 0 aliphatic heterocycles. The van der Waals surface area contributed by atoms with Gasteiger partial charge >= 0.3 is 5.97 Å². The van der Waals surface area contributed by atoms with E-state index < -0.39 is 5.97 Å². The van der Waals surface area contributed by atoms with Gasteiger partial charge in [0.05, 0.1) is 23.2 Å². The smallest absolute Gasteiger partial charge is 0.335 e. The summed E-state index contributed by atoms with van der Waals surface area (Å²) in [5, 5.41) is 18.0. The summed E-state index contributed by atoms with van der Waals surface area (Å²) in [6.07, 6.45) is 3.64. The summed E-state index contributed by atoms with van der Waals surface area (Å²) < 4.78 is 1.82. The standard InChI is InChI=1S/C23H18N4O2/c28-23(29)18-11-13-20(14-12-18)25-24-15-19-16-27(21-9-5-2-6-10-21)26-22(19)17-7-3-1-4-8-17/h1-16,25H,(H,28,29)/b24-15+. The van der Waals surface area contributed by atoms with Crippen LogP contribution in [0.3, 0.4) is 0 Å². The number of aromatic carboxylic acids is 1. The Bertz CT molecular complexity index is 1130. The number of hydrogen-bond donors (Lipinski definition) is 2. The Morgan fingerprint density at radius 2 is 1.59 bits per heavy atom. The van der Waals surface area contributed by atoms with Crippen LogP contribution < -0.4 is 5.43 Å². The number of aromatic nitrogens is 2. The predicted molar refractivity (Wildman–Crippen MR) is 114 cm³/mol. The van der Waals surface area contributed by atoms with Gasteiger partial charge in [-0.25, -0.2) is 9.48 Å². The number of nitrogens with zero attached hydrogens (tertiary/aromatic N) is 3. The van der Waals surface area contributed by atoms with Gasteiger partial charge in [-0.3, -0.25) is 5.43 Å². The van der Waals surface area contributed by atoms with Crippen LogP contribution in [-0.2, 0) is 0 Å². The van der Waals surface area contributed by atoms with Crippen molar-refractivity contribution in [2.24, 2.45) is 5.10 Å². The first-order chi connectivity index (χ1) is 14.2. The number of benzene rings is 3. The second kappa shape index (κ2) is 8.22. The number of carboxylic acid groups (broad SMARTS) is 1. The van der Waals surface area contributed by atoms with Crippen LogP contribution in [0.2, 0.25) is 0 Å². The molecule has 0 radical (unpaired) electrons. The van der Waals surface area contributed by atoms with Crippen molar-refractivity contribution in [3.63, 3.8) is 0 Å². The number of nitrogens with one attached hydrogen (secondary N) is 1. The minimum absolute atomic E-state index is 0.232. The molecule has 0 saturated heterocycles. The molecule has 29 heavy (non-hydrogen) atoms. The van der Waals surface area contributed by atoms with E-state index in [9.17, 15) is 4.79 Å². The van der Waals surface area contributed by atoms with E-state index in [-0.39, 0.29) is 5.56 Å². The van der Waals surface area contributed by atoms with Crippen LogP contribution in [0.4, 0.5) is 5.69 Å². The number of carbonyl (C=O) groups is 1. The lowest BCUT2D eigenvalue weighted by molar-refractivity contribution is 0.0697. The molecule has 0 unspecified atom stereocenters. The molecule has 4 rings (SSSR count). The molecule has 142 valence electrons. The first-order valence-corrected chi connectivity index (χ1v) is 9.04. The van der Waals surface area contributed by atoms with Crippen molar-refractivity contribution in [1.29, 1.82) is 0 Å². The van der Waals surface area contributed by atoms with Gasteiger partial charge in [0.1, 0.15) is 5.69 Å². The number of rotatable bonds is 6. The SMILES string of the molecule is O=C(O)c1ccc(N/N=C/c2cn(-c3ccccc3)nc2-c2ccccc2)cc1. The number of hydrogen-bond acceptors (Lipinski definition) is 4. The molecule has 0 saturated carbocycles. The third-order valence-corrected chi connectivity index (χ3v) is 4.34. The Kier molecular flexibility index (Phi) is 5.16. The van der Waals surface area contributed by atoms with Crippen LogP contribution in [0.1, 0.15) is 15.9 Å². The Balaban J connectivity index is 1.62. The number of para-hydroxylation sites is 1. The molecule has 0 spiro atoms. The van der Waals surface area contributed by atoms with Crippen molar-refractivity contribution in [3.8, 4) is 16.9 Å². The quantitative estimate of drug-likeness (QED) is 0.375. The van der Waals surface area contributed by atoms with Gasteiger partial charge in [-0.1, -0.05) is 48.5 Å². The van der Waals surface area contributed by atoms with E-state index in [4.69, 9.17) is 10.2 Å². The predicted octanol–water partition coefficient (Wildman–Crippen LogP) is 4.68. The second-order valence-corrected chi connectivity index (χ2v) is 6.33. The van der Waals surface area contributed by atoms with Crippen molar-refractivity contribution >= 4 is 17.9 Å². The monoisotopic (exact) mass is 382 g/mol. The molecule has 0 fully saturated rings. The molecule has 2 N–H and O–H groups in total. The van der Waals surface area contributed by atoms with Crippen LogP contribution in [0, 0.1) is 0 Å². The van der Waals surface area contributed by atoms with Crippen LogP contribution in [-0.4, -0.2) is 27.1 Å². The fourth-order valence-corrected chi connectivity index (χ4v) is 2.88. The highest BCUT2D eigenvalue weighted by molar-refractivity contribution is 5.89. The molecule has 0 aliphatic carbocycles. The summed E-state index contributed by atoms with van der Waals surface area (Å²) >= 11 is 0. The summed E-state index contributed by atoms with van der Waals surface area (Å²) in [6.45, 7) is 0. The van der Waals surface area contributed by atoms with Gasteiger partial charge in [0.25, 0.3) is 0 Å². The van der Waals surface area contributed by atoms with Crippen molar-refractivity contribution in [3.05, 3.63) is 102 Å². The third-order valence-electron chi connectivity index (χ3n) is 4.34. The van der Waals surface area contributed by atoms with Gasteiger partial charge in [0.15, 0.2) is 0 Å². The molecule has 6 nitrogen and oxygen atoms in total. The first-order valence-electron chi connectivity index (χ1n) is 9.04. The Morgan fingerprint density at radius 1 is 0.931 bits per heavy atom. The largest absolute Gasteiger partial charge is 0.478 e. The molecule has 6 heteroatoms. The molecule has 1 aromatic heterocycles. The van der Waals surface area contributed by atoms with Crippen LogP contribution in [0.25, 0.3) is 16.9 Å². The highest BCUT2D eigenvalue weighted by atomic mass is 16.4. The molecular weight excluding hydrogens is 364 g/mol. The highest BCUT2D eigenvalue weighted by Crippen LogP contribution is 2.22. The normalized spacial score (nSPS) is 10.9. The van der Waals surface area contributed by atoms with Crippen LogP contribution in [0.15, 0.2) is 96.2 Å². The lowest BCUT2D eigenvalue weighted by Gasteiger charge is -2.01. The molecule has 0 aliphatic rings. The van der Waals surface area contributed by atoms with E-state index >= 15 is 0 Å². The topological polar surface area (TPSA) is 79.5 Å². The van der Waals surface area contributed by atoms with Gasteiger partial charge in [-0.05, 0) is 36.4 Å². The summed E-state index contributed by atoms with van der Waals surface area (Å²) in [7, 11) is 0. The van der Waals surface area contributed by atoms with Crippen LogP contribution in [0.5, 0.6) is 0 Å². The zero-order valence-electron chi connectivity index (χ0n) is 15.4. The number of hydrazone groups is 1. The van der Waals surface area contributed by atoms with E-state index in [0.29, 0.717) is 5.69 Å². The van der Waals surface area contributed by atoms with Gasteiger partial charge < -0.3 is 5.11 Å². The Morgan fingerprint density at radius 3 is 2.24 bits per heavy atom. The summed E-state index contributed by atoms with van der Waals surface area (Å²) in [5.74, 6) is -0.958. The minimum Gasteiger partial charge on any atom is -0.478 e. The van der Waals surface area contributed by atoms with Crippen molar-refractivity contribution in [1.82, 2.24) is 9.78 Å². The van der Waals surface area contributed by atoms with Crippen molar-refractivity contribution in [2.75, 3.05) is 5.43 Å². The zero-order valence-corrected chi connectivity index (χ0v) is 15.4. The highest BCUT2D eigenvalue weighted by Gasteiger charge is 2.10. The van der Waals surface area contributed by atoms with Gasteiger partial charge in [-0.15, -0.1) is 0 Å². The summed E-state index contributed by atoms with van der Waals surface area (Å²) in [6, 6.07) is 26.2. The van der Waals surface area contributed by atoms with E-state index in [1.165, 1.54) is 12.1 Å². The minimum atomic E-state index is -0.958. The van der Waals surface area contributed by atoms with E-state index in [1.807, 2.05) is 71.5 Å². The fourth-order valence-electron chi connectivity index (χ4n) is 2.88. The third kappa shape index (κ3) is 4.22. The number of anilines is 1. The molecular formula is C23H18N4O2. The maximum absolute atomic E-state index is 10.9. The van der Waals surface area contributed by atoms with Crippen LogP contribution >= 0.6 is 0 Å². The average molecular weight is 382 g/mol. The van der Waals surface area contributed by atoms with Crippen molar-refractivity contribution in [2.45, 2.75) is 0 Å². The Hall–Kier alpha value is -4.19. The molecule has 0 amide bonds. The number of carboxylic acids is 1. The first kappa shape index (κ1) is 18.2. The molecule has 1 heterocycles. The average Bonchev–Trinajstić information content (AvgIpc) is 3.19. The zero-order chi connectivity index (χ0) is 20.1. The van der Waals surface area contributed by atoms with Gasteiger partial charge in [0, 0.05) is 17.3 Å². The van der Waals surface area contributed by atoms with Gasteiger partial charge in [0.2, 0.25) is 0 Å². The molecule has 3 aromatic carbocycles. The van der Waals surface area contributed by atoms with E-state index in [0.717, 1.165) is 22.5 Å². The molecule has 4 aromatic rings. The molecule has 0 atom stereocenters. The van der Waals surface area contributed by atoms with E-state index in [2.05, 4.69) is 10.5 Å². The van der Waals surface area contributed by atoms with E-state index in [1.54, 1.807) is 18.3 Å². The second-order valence-electron chi connectivity index (χ2n) is 6.33. The Labute approximate surface area is 167 Å². The van der Waals surface area contributed by atoms with Crippen molar-refractivity contribution < 1.29 is 9.90 Å². The lowest BCUT2D eigenvalue weighted by Crippen LogP contribution is -1.96. The maximum atomic E-state index is 10.9. The summed E-state index contributed by atoms with van der Waals surface area (Å²) in [5.41, 5.74) is 7.49. The maximum Gasteiger partial charge on any atom is 0.335 e. The summed E-state index contributed by atoms with van der Waals surface area (Å²) in [4.78, 5) is 10.9. The van der Waals surface area contributed by atoms with Gasteiger partial charge in [-0.2, -0.15) is 10.2 Å². The fraction of sp³-hybridized carbons (Fsp3) is 0.